The van der Waals surface area contributed by atoms with E-state index in [2.05, 4.69) is 18.8 Å². The van der Waals surface area contributed by atoms with Gasteiger partial charge in [-0.2, -0.15) is 0 Å². The van der Waals surface area contributed by atoms with Gasteiger partial charge in [0.15, 0.2) is 4.80 Å². The van der Waals surface area contributed by atoms with Crippen LogP contribution in [0.1, 0.15) is 72.3 Å². The molecule has 43 heavy (non-hydrogen) atoms. The van der Waals surface area contributed by atoms with Gasteiger partial charge in [-0.1, -0.05) is 79.8 Å². The van der Waals surface area contributed by atoms with E-state index in [0.29, 0.717) is 37.8 Å². The third-order valence-corrected chi connectivity index (χ3v) is 8.22. The highest BCUT2D eigenvalue weighted by molar-refractivity contribution is 7.07. The Labute approximate surface area is 252 Å². The number of allylic oxidation sites excluding steroid dienone is 1. The number of thiazole rings is 1. The Balaban J connectivity index is 1.55. The Bertz CT molecular complexity index is 1880. The van der Waals surface area contributed by atoms with Gasteiger partial charge in [-0.3, -0.25) is 9.36 Å². The molecule has 0 radical (unpaired) electrons. The van der Waals surface area contributed by atoms with Crippen LogP contribution in [0.2, 0.25) is 0 Å². The third kappa shape index (κ3) is 6.22. The molecule has 1 aromatic heterocycles. The van der Waals surface area contributed by atoms with E-state index < -0.39 is 18.0 Å². The number of aromatic nitrogens is 1. The van der Waals surface area contributed by atoms with Gasteiger partial charge in [0.25, 0.3) is 5.56 Å². The smallest absolute Gasteiger partial charge is 0.338 e. The van der Waals surface area contributed by atoms with E-state index in [4.69, 9.17) is 14.6 Å². The van der Waals surface area contributed by atoms with Gasteiger partial charge in [-0.15, -0.1) is 0 Å². The van der Waals surface area contributed by atoms with Crippen molar-refractivity contribution in [2.45, 2.75) is 46.3 Å². The van der Waals surface area contributed by atoms with Crippen LogP contribution in [0.4, 0.5) is 0 Å². The molecule has 220 valence electrons. The first-order chi connectivity index (χ1) is 20.7. The number of carboxylic acids is 1. The maximum atomic E-state index is 14.0. The molecule has 2 heterocycles. The monoisotopic (exact) mass is 596 g/mol. The summed E-state index contributed by atoms with van der Waals surface area (Å²) in [6.07, 6.45) is 1.77. The highest BCUT2D eigenvalue weighted by Crippen LogP contribution is 2.31. The van der Waals surface area contributed by atoms with Gasteiger partial charge in [-0.05, 0) is 60.7 Å². The summed E-state index contributed by atoms with van der Waals surface area (Å²) in [4.78, 5) is 43.5. The van der Waals surface area contributed by atoms with Crippen LogP contribution in [0.5, 0.6) is 5.75 Å². The fourth-order valence-corrected chi connectivity index (χ4v) is 5.98. The van der Waals surface area contributed by atoms with Crippen LogP contribution < -0.4 is 19.6 Å². The van der Waals surface area contributed by atoms with Gasteiger partial charge in [0.1, 0.15) is 12.4 Å². The first-order valence-electron chi connectivity index (χ1n) is 14.0. The largest absolute Gasteiger partial charge is 0.488 e. The lowest BCUT2D eigenvalue weighted by Gasteiger charge is -2.25. The maximum Gasteiger partial charge on any atom is 0.338 e. The van der Waals surface area contributed by atoms with Gasteiger partial charge >= 0.3 is 11.9 Å². The molecule has 1 N–H and O–H groups in total. The molecule has 0 saturated carbocycles. The zero-order valence-corrected chi connectivity index (χ0v) is 25.2. The number of aromatic carboxylic acids is 1. The molecule has 3 aromatic carbocycles. The number of carboxylic acid groups (broad SMARTS) is 1. The fourth-order valence-electron chi connectivity index (χ4n) is 4.95. The van der Waals surface area contributed by atoms with Crippen LogP contribution in [0, 0.1) is 0 Å². The topological polar surface area (TPSA) is 107 Å². The van der Waals surface area contributed by atoms with Crippen molar-refractivity contribution in [2.24, 2.45) is 4.99 Å². The summed E-state index contributed by atoms with van der Waals surface area (Å²) in [5.41, 5.74) is 4.26. The van der Waals surface area contributed by atoms with Gasteiger partial charge in [-0.25, -0.2) is 14.6 Å². The molecule has 5 rings (SSSR count). The Morgan fingerprint density at radius 1 is 1.05 bits per heavy atom. The standard InChI is InChI=1S/C34H32N2O6S/c1-5-41-33(40)29-21(4)35-34-36(30(29)24-16-14-23(15-17-24)20(2)3)31(37)28(43-34)18-26-8-6-7-9-27(26)42-19-22-10-12-25(13-11-22)32(38)39/h6-18,20,30H,5,19H2,1-4H3,(H,38,39)/b28-18-/t30-/m1/s1. The van der Waals surface area contributed by atoms with E-state index in [0.717, 1.165) is 16.7 Å². The number of hydrogen-bond donors (Lipinski definition) is 1. The number of ether oxygens (including phenoxy) is 2. The van der Waals surface area contributed by atoms with Crippen molar-refractivity contribution in [3.8, 4) is 5.75 Å². The van der Waals surface area contributed by atoms with Crippen molar-refractivity contribution in [3.05, 3.63) is 132 Å². The number of carbonyl (C=O) groups is 2. The molecule has 1 atom stereocenters. The summed E-state index contributed by atoms with van der Waals surface area (Å²) in [5, 5.41) is 9.14. The van der Waals surface area contributed by atoms with E-state index in [1.165, 1.54) is 23.5 Å². The van der Waals surface area contributed by atoms with Crippen molar-refractivity contribution in [2.75, 3.05) is 6.61 Å². The number of para-hydroxylation sites is 1. The minimum absolute atomic E-state index is 0.204. The lowest BCUT2D eigenvalue weighted by Crippen LogP contribution is -2.39. The summed E-state index contributed by atoms with van der Waals surface area (Å²) in [7, 11) is 0. The molecule has 0 bridgehead atoms. The number of hydrogen-bond acceptors (Lipinski definition) is 7. The molecule has 1 aliphatic heterocycles. The minimum Gasteiger partial charge on any atom is -0.488 e. The fraction of sp³-hybridized carbons (Fsp3) is 0.235. The summed E-state index contributed by atoms with van der Waals surface area (Å²) >= 11 is 1.25. The molecule has 8 nitrogen and oxygen atoms in total. The van der Waals surface area contributed by atoms with Crippen LogP contribution in [-0.2, 0) is 16.1 Å². The quantitative estimate of drug-likeness (QED) is 0.266. The molecule has 0 amide bonds. The summed E-state index contributed by atoms with van der Waals surface area (Å²) < 4.78 is 13.5. The first-order valence-corrected chi connectivity index (χ1v) is 14.8. The summed E-state index contributed by atoms with van der Waals surface area (Å²) in [5.74, 6) is -0.575. The Morgan fingerprint density at radius 3 is 2.40 bits per heavy atom. The average molecular weight is 597 g/mol. The average Bonchev–Trinajstić information content (AvgIpc) is 3.30. The minimum atomic E-state index is -0.987. The molecular weight excluding hydrogens is 564 g/mol. The van der Waals surface area contributed by atoms with E-state index in [-0.39, 0.29) is 24.3 Å². The Kier molecular flexibility index (Phi) is 8.73. The van der Waals surface area contributed by atoms with Crippen molar-refractivity contribution >= 4 is 29.4 Å². The molecule has 0 spiro atoms. The van der Waals surface area contributed by atoms with E-state index in [1.54, 1.807) is 36.6 Å². The molecule has 0 saturated heterocycles. The summed E-state index contributed by atoms with van der Waals surface area (Å²) in [6, 6.07) is 21.2. The number of fused-ring (bicyclic) bond motifs is 1. The molecule has 0 unspecified atom stereocenters. The van der Waals surface area contributed by atoms with Crippen LogP contribution in [-0.4, -0.2) is 28.2 Å². The highest BCUT2D eigenvalue weighted by Gasteiger charge is 2.33. The number of rotatable bonds is 9. The Hall–Kier alpha value is -4.76. The highest BCUT2D eigenvalue weighted by atomic mass is 32.1. The number of carbonyl (C=O) groups excluding carboxylic acids is 1. The van der Waals surface area contributed by atoms with Crippen LogP contribution in [0.15, 0.2) is 93.9 Å². The lowest BCUT2D eigenvalue weighted by atomic mass is 9.93. The first kappa shape index (κ1) is 29.7. The van der Waals surface area contributed by atoms with Crippen LogP contribution in [0.25, 0.3) is 6.08 Å². The van der Waals surface area contributed by atoms with Crippen LogP contribution >= 0.6 is 11.3 Å². The zero-order chi connectivity index (χ0) is 30.7. The second-order valence-electron chi connectivity index (χ2n) is 10.5. The SMILES string of the molecule is CCOC(=O)C1=C(C)N=c2s/c(=C\c3ccccc3OCc3ccc(C(=O)O)cc3)c(=O)n2[C@@H]1c1ccc(C(C)C)cc1. The van der Waals surface area contributed by atoms with Crippen molar-refractivity contribution < 1.29 is 24.2 Å². The van der Waals surface area contributed by atoms with Gasteiger partial charge in [0.2, 0.25) is 0 Å². The Morgan fingerprint density at radius 2 is 1.74 bits per heavy atom. The maximum absolute atomic E-state index is 14.0. The molecule has 0 aliphatic carbocycles. The number of benzene rings is 3. The molecular formula is C34H32N2O6S. The van der Waals surface area contributed by atoms with Crippen molar-refractivity contribution in [3.63, 3.8) is 0 Å². The number of nitrogens with zero attached hydrogens (tertiary/aromatic N) is 2. The van der Waals surface area contributed by atoms with E-state index in [1.807, 2.05) is 48.5 Å². The van der Waals surface area contributed by atoms with Crippen molar-refractivity contribution in [1.29, 1.82) is 0 Å². The molecule has 9 heteroatoms. The van der Waals surface area contributed by atoms with Crippen molar-refractivity contribution in [1.82, 2.24) is 4.57 Å². The van der Waals surface area contributed by atoms with E-state index >= 15 is 0 Å². The molecule has 0 fully saturated rings. The van der Waals surface area contributed by atoms with Crippen LogP contribution in [0.3, 0.4) is 0 Å². The summed E-state index contributed by atoms with van der Waals surface area (Å²) in [6.45, 7) is 8.18. The second-order valence-corrected chi connectivity index (χ2v) is 11.5. The van der Waals surface area contributed by atoms with Gasteiger partial charge < -0.3 is 14.6 Å². The van der Waals surface area contributed by atoms with Gasteiger partial charge in [0.05, 0.1) is 34.0 Å². The van der Waals surface area contributed by atoms with E-state index in [9.17, 15) is 14.4 Å². The zero-order valence-electron chi connectivity index (χ0n) is 24.4. The lowest BCUT2D eigenvalue weighted by molar-refractivity contribution is -0.139. The predicted octanol–water partition coefficient (Wildman–Crippen LogP) is 5.20. The number of esters is 1. The molecule has 4 aromatic rings. The second kappa shape index (κ2) is 12.6. The third-order valence-electron chi connectivity index (χ3n) is 7.24. The molecule has 1 aliphatic rings. The predicted molar refractivity (Wildman–Crippen MR) is 165 cm³/mol. The normalized spacial score (nSPS) is 14.8. The van der Waals surface area contributed by atoms with Gasteiger partial charge in [0, 0.05) is 5.56 Å².